The fourth-order valence-electron chi connectivity index (χ4n) is 6.85. The van der Waals surface area contributed by atoms with E-state index in [1.165, 1.54) is 58.3 Å². The summed E-state index contributed by atoms with van der Waals surface area (Å²) in [4.78, 5) is 102. The fraction of sp³-hybridized carbons (Fsp3) is 0.814. The number of aliphatic hydroxyl groups is 2. The van der Waals surface area contributed by atoms with Crippen molar-refractivity contribution in [2.45, 2.75) is 200 Å². The number of hydrogen-bond acceptors (Lipinski definition) is 10. The highest BCUT2D eigenvalue weighted by Crippen LogP contribution is 2.23. The van der Waals surface area contributed by atoms with Gasteiger partial charge in [0.05, 0.1) is 18.8 Å². The van der Waals surface area contributed by atoms with Gasteiger partial charge < -0.3 is 37.0 Å². The van der Waals surface area contributed by atoms with Gasteiger partial charge in [-0.3, -0.25) is 38.4 Å². The number of carbonyl (C=O) groups excluding carboxylic acids is 7. The number of ketones is 3. The molecule has 4 amide bonds. The van der Waals surface area contributed by atoms with Crippen molar-refractivity contribution >= 4 is 46.9 Å². The van der Waals surface area contributed by atoms with Gasteiger partial charge in [0.2, 0.25) is 23.6 Å². The topological polar surface area (TPSA) is 259 Å². The van der Waals surface area contributed by atoms with Crippen LogP contribution in [0, 0.1) is 17.8 Å². The van der Waals surface area contributed by atoms with Gasteiger partial charge in [-0.05, 0) is 32.1 Å². The summed E-state index contributed by atoms with van der Waals surface area (Å²) in [5, 5.41) is 37.5. The van der Waals surface area contributed by atoms with Crippen molar-refractivity contribution in [3.63, 3.8) is 0 Å². The Balaban J connectivity index is 5.45. The average molecular weight is 825 g/mol. The predicted octanol–water partition coefficient (Wildman–Crippen LogP) is 4.60. The second-order valence-electron chi connectivity index (χ2n) is 15.9. The number of carboxylic acids is 1. The van der Waals surface area contributed by atoms with Crippen molar-refractivity contribution in [1.29, 1.82) is 0 Å². The summed E-state index contributed by atoms with van der Waals surface area (Å²) in [7, 11) is 0. The lowest BCUT2D eigenvalue weighted by Gasteiger charge is -2.28. The smallest absolute Gasteiger partial charge is 0.303 e. The van der Waals surface area contributed by atoms with Gasteiger partial charge in [-0.25, -0.2) is 0 Å². The predicted molar refractivity (Wildman–Crippen MR) is 221 cm³/mol. The highest BCUT2D eigenvalue weighted by Gasteiger charge is 2.36. The monoisotopic (exact) mass is 825 g/mol. The molecule has 15 heteroatoms. The van der Waals surface area contributed by atoms with Crippen LogP contribution in [-0.4, -0.2) is 93.1 Å². The molecule has 0 heterocycles. The molecule has 0 rings (SSSR count). The molecule has 0 spiro atoms. The van der Waals surface area contributed by atoms with E-state index in [9.17, 15) is 53.7 Å². The Labute approximate surface area is 346 Å². The number of hydrogen-bond donors (Lipinski definition) is 7. The normalized spacial score (nSPS) is 14.9. The minimum atomic E-state index is -1.54. The molecule has 334 valence electrons. The second kappa shape index (κ2) is 32.2. The molecule has 0 radical (unpaired) electrons. The van der Waals surface area contributed by atoms with E-state index in [1.54, 1.807) is 20.8 Å². The summed E-state index contributed by atoms with van der Waals surface area (Å²) in [6, 6.07) is -3.87. The van der Waals surface area contributed by atoms with Crippen LogP contribution in [0.15, 0.2) is 0 Å². The van der Waals surface area contributed by atoms with Crippen LogP contribution in [0.3, 0.4) is 0 Å². The number of rotatable bonds is 37. The van der Waals surface area contributed by atoms with Crippen molar-refractivity contribution < 1.29 is 53.7 Å². The van der Waals surface area contributed by atoms with E-state index in [4.69, 9.17) is 5.73 Å². The number of unbranched alkanes of at least 4 members (excludes halogenated alkanes) is 12. The number of amides is 4. The molecule has 0 fully saturated rings. The van der Waals surface area contributed by atoms with Gasteiger partial charge in [-0.15, -0.1) is 0 Å². The lowest BCUT2D eigenvalue weighted by molar-refractivity contribution is -0.139. The first-order valence-electron chi connectivity index (χ1n) is 21.8. The van der Waals surface area contributed by atoms with Gasteiger partial charge >= 0.3 is 5.97 Å². The van der Waals surface area contributed by atoms with Crippen LogP contribution in [0.5, 0.6) is 0 Å². The maximum Gasteiger partial charge on any atom is 0.303 e. The maximum absolute atomic E-state index is 13.6. The molecule has 15 nitrogen and oxygen atoms in total. The number of primary amides is 1. The summed E-state index contributed by atoms with van der Waals surface area (Å²) in [5.74, 6) is -8.21. The van der Waals surface area contributed by atoms with Crippen LogP contribution in [0.4, 0.5) is 0 Å². The molecule has 7 atom stereocenters. The molecule has 8 N–H and O–H groups in total. The van der Waals surface area contributed by atoms with Crippen LogP contribution in [-0.2, 0) is 38.4 Å². The Kier molecular flexibility index (Phi) is 30.1. The number of carboxylic acid groups (broad SMARTS) is 1. The second-order valence-corrected chi connectivity index (χ2v) is 15.9. The summed E-state index contributed by atoms with van der Waals surface area (Å²) >= 11 is 0. The third-order valence-electron chi connectivity index (χ3n) is 10.9. The van der Waals surface area contributed by atoms with Crippen LogP contribution in [0.25, 0.3) is 0 Å². The SMILES string of the molecule is CCCCCCCCCCCCCCCC(=O)N[C@@H](CO)C(=O)C[C@@H](CCC(=O)O)C(=O)N[C@H](C(=O)C[C@H](C(=O)N[C@@H](CCC(N)=O)C(=O)CC)[C@@H](C)CC)[C@@H](C)O. The number of Topliss-reactive ketones (excluding diaryl/α,β-unsaturated/α-hetero) is 3. The van der Waals surface area contributed by atoms with E-state index in [2.05, 4.69) is 22.9 Å². The van der Waals surface area contributed by atoms with Crippen molar-refractivity contribution in [3.05, 3.63) is 0 Å². The number of aliphatic carboxylic acids is 1. The summed E-state index contributed by atoms with van der Waals surface area (Å²) < 4.78 is 0. The Bertz CT molecular complexity index is 1270. The summed E-state index contributed by atoms with van der Waals surface area (Å²) in [6.45, 7) is 7.88. The number of carbonyl (C=O) groups is 8. The first-order chi connectivity index (χ1) is 27.5. The van der Waals surface area contributed by atoms with Crippen molar-refractivity contribution in [1.82, 2.24) is 16.0 Å². The molecule has 0 aromatic heterocycles. The minimum absolute atomic E-state index is 0.0159. The van der Waals surface area contributed by atoms with Gasteiger partial charge in [0.15, 0.2) is 17.3 Å². The first-order valence-corrected chi connectivity index (χ1v) is 21.8. The Morgan fingerprint density at radius 3 is 1.62 bits per heavy atom. The van der Waals surface area contributed by atoms with Crippen LogP contribution < -0.4 is 21.7 Å². The third kappa shape index (κ3) is 24.3. The molecule has 0 aromatic carbocycles. The van der Waals surface area contributed by atoms with Gasteiger partial charge in [-0.1, -0.05) is 111 Å². The zero-order valence-corrected chi connectivity index (χ0v) is 36.0. The van der Waals surface area contributed by atoms with Crippen molar-refractivity contribution in [3.8, 4) is 0 Å². The summed E-state index contributed by atoms with van der Waals surface area (Å²) in [6.07, 6.45) is 12.2. The lowest BCUT2D eigenvalue weighted by Crippen LogP contribution is -2.52. The Morgan fingerprint density at radius 1 is 0.603 bits per heavy atom. The number of nitrogens with one attached hydrogen (secondary N) is 3. The summed E-state index contributed by atoms with van der Waals surface area (Å²) in [5.41, 5.74) is 5.24. The minimum Gasteiger partial charge on any atom is -0.481 e. The van der Waals surface area contributed by atoms with Crippen molar-refractivity contribution in [2.24, 2.45) is 23.5 Å². The molecule has 0 saturated carbocycles. The molecule has 0 aromatic rings. The van der Waals surface area contributed by atoms with Gasteiger partial charge in [-0.2, -0.15) is 0 Å². The number of nitrogens with two attached hydrogens (primary N) is 1. The average Bonchev–Trinajstić information content (AvgIpc) is 3.18. The van der Waals surface area contributed by atoms with E-state index >= 15 is 0 Å². The number of aliphatic hydroxyl groups excluding tert-OH is 2. The van der Waals surface area contributed by atoms with Gasteiger partial charge in [0, 0.05) is 50.4 Å². The Morgan fingerprint density at radius 2 is 1.16 bits per heavy atom. The zero-order valence-electron chi connectivity index (χ0n) is 36.0. The quantitative estimate of drug-likeness (QED) is 0.0426. The molecule has 0 aliphatic rings. The van der Waals surface area contributed by atoms with Crippen LogP contribution >= 0.6 is 0 Å². The highest BCUT2D eigenvalue weighted by atomic mass is 16.4. The third-order valence-corrected chi connectivity index (χ3v) is 10.9. The molecule has 0 aliphatic heterocycles. The molecule has 0 unspecified atom stereocenters. The molecular weight excluding hydrogens is 748 g/mol. The van der Waals surface area contributed by atoms with Crippen LogP contribution in [0.1, 0.15) is 176 Å². The molecule has 58 heavy (non-hydrogen) atoms. The zero-order chi connectivity index (χ0) is 44.0. The lowest BCUT2D eigenvalue weighted by atomic mass is 9.84. The largest absolute Gasteiger partial charge is 0.481 e. The van der Waals surface area contributed by atoms with Gasteiger partial charge in [0.25, 0.3) is 0 Å². The standard InChI is InChI=1S/C43H76N4O11/c1-6-9-10-11-12-13-14-15-16-17-18-19-20-21-39(54)45-34(28-48)36(51)26-31(22-25-40(55)56)42(57)47-41(30(5)49)37(52)27-32(29(4)7-2)43(58)46-33(35(50)8-3)23-24-38(44)53/h29-34,41,48-49H,6-28H2,1-5H3,(H2,44,53)(H,45,54)(H,46,58)(H,47,57)(H,55,56)/t29-,30+,31+,32-,33-,34-,41-/m0/s1. The maximum atomic E-state index is 13.6. The van der Waals surface area contributed by atoms with E-state index in [0.717, 1.165) is 25.7 Å². The fourth-order valence-corrected chi connectivity index (χ4v) is 6.85. The molecule has 0 aliphatic carbocycles. The molecule has 0 saturated heterocycles. The molecular formula is C43H76N4O11. The van der Waals surface area contributed by atoms with E-state index in [0.29, 0.717) is 12.8 Å². The van der Waals surface area contributed by atoms with Crippen molar-refractivity contribution in [2.75, 3.05) is 6.61 Å². The van der Waals surface area contributed by atoms with Gasteiger partial charge in [0.1, 0.15) is 12.1 Å². The Hall–Kier alpha value is -3.72. The van der Waals surface area contributed by atoms with E-state index in [1.807, 2.05) is 0 Å². The van der Waals surface area contributed by atoms with Crippen LogP contribution in [0.2, 0.25) is 0 Å². The molecule has 0 bridgehead atoms. The van der Waals surface area contributed by atoms with E-state index in [-0.39, 0.29) is 43.8 Å². The van der Waals surface area contributed by atoms with E-state index < -0.39 is 103 Å². The first kappa shape index (κ1) is 54.3. The highest BCUT2D eigenvalue weighted by molar-refractivity contribution is 5.97.